The number of amides is 1. The largest absolute Gasteiger partial charge is 0.371 e. The normalized spacial score (nSPS) is 17.1. The van der Waals surface area contributed by atoms with Crippen LogP contribution in [0.1, 0.15) is 44.6 Å². The maximum absolute atomic E-state index is 11.2. The average Bonchev–Trinajstić information content (AvgIpc) is 2.83. The van der Waals surface area contributed by atoms with Gasteiger partial charge in [-0.05, 0) is 24.5 Å². The molecule has 1 aromatic rings. The van der Waals surface area contributed by atoms with Crippen molar-refractivity contribution >= 4 is 12.1 Å². The van der Waals surface area contributed by atoms with Gasteiger partial charge in [-0.25, -0.2) is 0 Å². The molecule has 0 spiro atoms. The standard InChI is InChI=1S/C17H26N2O/c1-3-5-11-19-13-15(12-18(14-20)10-4-2)16-8-6-7-9-17(16)19/h6-9,14-15H,3-5,10-13H2,1-2H3. The summed E-state index contributed by atoms with van der Waals surface area (Å²) in [5.74, 6) is 0.458. The molecule has 0 saturated carbocycles. The fraction of sp³-hybridized carbons (Fsp3) is 0.588. The van der Waals surface area contributed by atoms with Gasteiger partial charge in [0, 0.05) is 37.8 Å². The van der Waals surface area contributed by atoms with Crippen LogP contribution in [0.4, 0.5) is 5.69 Å². The summed E-state index contributed by atoms with van der Waals surface area (Å²) in [4.78, 5) is 15.6. The first-order valence-electron chi connectivity index (χ1n) is 7.83. The van der Waals surface area contributed by atoms with Crippen LogP contribution in [-0.2, 0) is 4.79 Å². The van der Waals surface area contributed by atoms with Crippen molar-refractivity contribution in [3.63, 3.8) is 0 Å². The zero-order chi connectivity index (χ0) is 14.4. The van der Waals surface area contributed by atoms with Gasteiger partial charge in [0.25, 0.3) is 0 Å². The number of benzene rings is 1. The number of hydrogen-bond donors (Lipinski definition) is 0. The van der Waals surface area contributed by atoms with Gasteiger partial charge in [0.15, 0.2) is 0 Å². The van der Waals surface area contributed by atoms with E-state index >= 15 is 0 Å². The molecular formula is C17H26N2O. The van der Waals surface area contributed by atoms with E-state index in [0.717, 1.165) is 39.0 Å². The van der Waals surface area contributed by atoms with Crippen LogP contribution >= 0.6 is 0 Å². The fourth-order valence-corrected chi connectivity index (χ4v) is 3.06. The smallest absolute Gasteiger partial charge is 0.209 e. The monoisotopic (exact) mass is 274 g/mol. The summed E-state index contributed by atoms with van der Waals surface area (Å²) in [6.07, 6.45) is 4.47. The quantitative estimate of drug-likeness (QED) is 0.679. The lowest BCUT2D eigenvalue weighted by Gasteiger charge is -2.22. The van der Waals surface area contributed by atoms with Crippen molar-refractivity contribution in [3.05, 3.63) is 29.8 Å². The molecule has 0 radical (unpaired) electrons. The van der Waals surface area contributed by atoms with Crippen molar-refractivity contribution < 1.29 is 4.79 Å². The van der Waals surface area contributed by atoms with E-state index in [1.54, 1.807) is 0 Å². The number of carbonyl (C=O) groups excluding carboxylic acids is 1. The Bertz CT molecular complexity index is 433. The van der Waals surface area contributed by atoms with Crippen molar-refractivity contribution in [2.24, 2.45) is 0 Å². The first-order valence-corrected chi connectivity index (χ1v) is 7.83. The van der Waals surface area contributed by atoms with E-state index in [2.05, 4.69) is 43.0 Å². The molecule has 3 heteroatoms. The number of fused-ring (bicyclic) bond motifs is 1. The maximum Gasteiger partial charge on any atom is 0.209 e. The molecule has 1 heterocycles. The van der Waals surface area contributed by atoms with Crippen molar-refractivity contribution in [2.45, 2.75) is 39.0 Å². The van der Waals surface area contributed by atoms with Crippen molar-refractivity contribution in [2.75, 3.05) is 31.1 Å². The Hall–Kier alpha value is -1.51. The van der Waals surface area contributed by atoms with Crippen molar-refractivity contribution in [1.29, 1.82) is 0 Å². The van der Waals surface area contributed by atoms with Crippen LogP contribution < -0.4 is 4.90 Å². The van der Waals surface area contributed by atoms with Crippen LogP contribution in [0.3, 0.4) is 0 Å². The molecule has 0 fully saturated rings. The predicted octanol–water partition coefficient (Wildman–Crippen LogP) is 3.26. The number of para-hydroxylation sites is 1. The summed E-state index contributed by atoms with van der Waals surface area (Å²) in [6.45, 7) is 8.22. The van der Waals surface area contributed by atoms with Crippen LogP contribution in [0.2, 0.25) is 0 Å². The van der Waals surface area contributed by atoms with Gasteiger partial charge in [0.1, 0.15) is 0 Å². The number of hydrogen-bond acceptors (Lipinski definition) is 2. The molecule has 0 aromatic heterocycles. The van der Waals surface area contributed by atoms with Crippen LogP contribution in [0.25, 0.3) is 0 Å². The minimum Gasteiger partial charge on any atom is -0.371 e. The molecule has 1 aromatic carbocycles. The van der Waals surface area contributed by atoms with Crippen molar-refractivity contribution in [3.8, 4) is 0 Å². The van der Waals surface area contributed by atoms with Gasteiger partial charge in [-0.1, -0.05) is 38.5 Å². The second kappa shape index (κ2) is 7.32. The first kappa shape index (κ1) is 14.9. The van der Waals surface area contributed by atoms with E-state index < -0.39 is 0 Å². The van der Waals surface area contributed by atoms with Crippen LogP contribution in [0.5, 0.6) is 0 Å². The van der Waals surface area contributed by atoms with Gasteiger partial charge in [-0.2, -0.15) is 0 Å². The Balaban J connectivity index is 2.09. The lowest BCUT2D eigenvalue weighted by molar-refractivity contribution is -0.118. The molecule has 1 aliphatic rings. The second-order valence-corrected chi connectivity index (χ2v) is 5.66. The van der Waals surface area contributed by atoms with Gasteiger partial charge < -0.3 is 9.80 Å². The number of nitrogens with zero attached hydrogens (tertiary/aromatic N) is 2. The molecule has 1 aliphatic heterocycles. The van der Waals surface area contributed by atoms with Gasteiger partial charge in [-0.3, -0.25) is 4.79 Å². The third kappa shape index (κ3) is 3.33. The number of anilines is 1. The molecule has 2 rings (SSSR count). The van der Waals surface area contributed by atoms with Gasteiger partial charge in [0.05, 0.1) is 0 Å². The number of rotatable bonds is 8. The van der Waals surface area contributed by atoms with E-state index in [1.807, 2.05) is 4.90 Å². The highest BCUT2D eigenvalue weighted by Gasteiger charge is 2.28. The zero-order valence-electron chi connectivity index (χ0n) is 12.7. The molecule has 0 bridgehead atoms. The predicted molar refractivity (Wildman–Crippen MR) is 84.2 cm³/mol. The minimum absolute atomic E-state index is 0.458. The number of carbonyl (C=O) groups is 1. The molecule has 0 aliphatic carbocycles. The van der Waals surface area contributed by atoms with Gasteiger partial charge in [-0.15, -0.1) is 0 Å². The molecule has 1 atom stereocenters. The van der Waals surface area contributed by atoms with Crippen LogP contribution in [-0.4, -0.2) is 37.5 Å². The molecule has 20 heavy (non-hydrogen) atoms. The molecule has 0 N–H and O–H groups in total. The minimum atomic E-state index is 0.458. The SMILES string of the molecule is CCCCN1CC(CN(C=O)CCC)c2ccccc21. The topological polar surface area (TPSA) is 23.6 Å². The van der Waals surface area contributed by atoms with E-state index in [-0.39, 0.29) is 0 Å². The maximum atomic E-state index is 11.2. The van der Waals surface area contributed by atoms with Crippen molar-refractivity contribution in [1.82, 2.24) is 4.90 Å². The third-order valence-corrected chi connectivity index (χ3v) is 4.05. The van der Waals surface area contributed by atoms with Gasteiger partial charge >= 0.3 is 0 Å². The second-order valence-electron chi connectivity index (χ2n) is 5.66. The average molecular weight is 274 g/mol. The highest BCUT2D eigenvalue weighted by Crippen LogP contribution is 2.36. The highest BCUT2D eigenvalue weighted by atomic mass is 16.1. The van der Waals surface area contributed by atoms with Crippen LogP contribution in [0.15, 0.2) is 24.3 Å². The molecule has 0 saturated heterocycles. The third-order valence-electron chi connectivity index (χ3n) is 4.05. The summed E-state index contributed by atoms with van der Waals surface area (Å²) in [7, 11) is 0. The summed E-state index contributed by atoms with van der Waals surface area (Å²) >= 11 is 0. The Labute approximate surface area is 122 Å². The fourth-order valence-electron chi connectivity index (χ4n) is 3.06. The summed E-state index contributed by atoms with van der Waals surface area (Å²) < 4.78 is 0. The summed E-state index contributed by atoms with van der Waals surface area (Å²) in [5, 5.41) is 0. The summed E-state index contributed by atoms with van der Waals surface area (Å²) in [5.41, 5.74) is 2.78. The zero-order valence-corrected chi connectivity index (χ0v) is 12.7. The highest BCUT2D eigenvalue weighted by molar-refractivity contribution is 5.60. The van der Waals surface area contributed by atoms with Gasteiger partial charge in [0.2, 0.25) is 6.41 Å². The molecular weight excluding hydrogens is 248 g/mol. The van der Waals surface area contributed by atoms with E-state index in [4.69, 9.17) is 0 Å². The molecule has 110 valence electrons. The molecule has 3 nitrogen and oxygen atoms in total. The Morgan fingerprint density at radius 2 is 2.10 bits per heavy atom. The van der Waals surface area contributed by atoms with E-state index in [1.165, 1.54) is 24.1 Å². The van der Waals surface area contributed by atoms with Crippen LogP contribution in [0, 0.1) is 0 Å². The lowest BCUT2D eigenvalue weighted by Crippen LogP contribution is -2.31. The Kier molecular flexibility index (Phi) is 5.45. The summed E-state index contributed by atoms with van der Waals surface area (Å²) in [6, 6.07) is 8.67. The number of unbranched alkanes of at least 4 members (excludes halogenated alkanes) is 1. The molecule has 1 amide bonds. The Morgan fingerprint density at radius 1 is 1.30 bits per heavy atom. The van der Waals surface area contributed by atoms with E-state index in [0.29, 0.717) is 5.92 Å². The lowest BCUT2D eigenvalue weighted by atomic mass is 10.0. The Morgan fingerprint density at radius 3 is 2.80 bits per heavy atom. The first-order chi connectivity index (χ1) is 9.80. The van der Waals surface area contributed by atoms with E-state index in [9.17, 15) is 4.79 Å². The molecule has 1 unspecified atom stereocenters.